The molecule has 4 aromatic rings. The Morgan fingerprint density at radius 2 is 1.89 bits per heavy atom. The van der Waals surface area contributed by atoms with Crippen LogP contribution in [0.25, 0.3) is 17.1 Å². The first-order chi connectivity index (χ1) is 16.8. The summed E-state index contributed by atoms with van der Waals surface area (Å²) in [5, 5.41) is 16.2. The summed E-state index contributed by atoms with van der Waals surface area (Å²) in [7, 11) is 0. The lowest BCUT2D eigenvalue weighted by Crippen LogP contribution is -2.33. The number of halogens is 3. The molecule has 7 nitrogen and oxygen atoms in total. The molecule has 0 aliphatic carbocycles. The second kappa shape index (κ2) is 10.7. The van der Waals surface area contributed by atoms with E-state index in [2.05, 4.69) is 36.0 Å². The second-order valence-corrected chi connectivity index (χ2v) is 8.49. The van der Waals surface area contributed by atoms with Crippen molar-refractivity contribution in [3.8, 4) is 22.8 Å². The van der Waals surface area contributed by atoms with Gasteiger partial charge in [0, 0.05) is 5.56 Å². The maximum absolute atomic E-state index is 12.3. The van der Waals surface area contributed by atoms with Gasteiger partial charge in [0.15, 0.2) is 10.9 Å². The van der Waals surface area contributed by atoms with Crippen LogP contribution in [0.1, 0.15) is 24.1 Å². The SMILES string of the molecule is CC(NC(=S)N/N=C/c1ccc(-c2ncn(-c3ccc(OC(F)(F)F)cc3)n2)cc1)c1ccsc1. The Morgan fingerprint density at radius 3 is 2.54 bits per heavy atom. The minimum atomic E-state index is -4.74. The number of alkyl halides is 3. The van der Waals surface area contributed by atoms with Gasteiger partial charge in [0.25, 0.3) is 0 Å². The van der Waals surface area contributed by atoms with Gasteiger partial charge < -0.3 is 10.1 Å². The van der Waals surface area contributed by atoms with E-state index in [0.29, 0.717) is 16.6 Å². The number of thiophene rings is 1. The molecule has 2 N–H and O–H groups in total. The van der Waals surface area contributed by atoms with E-state index in [9.17, 15) is 13.2 Å². The van der Waals surface area contributed by atoms with Gasteiger partial charge in [0.05, 0.1) is 17.9 Å². The Labute approximate surface area is 208 Å². The Bertz CT molecular complexity index is 1290. The first kappa shape index (κ1) is 24.4. The number of rotatable bonds is 7. The summed E-state index contributed by atoms with van der Waals surface area (Å²) in [6, 6.07) is 14.9. The van der Waals surface area contributed by atoms with Crippen molar-refractivity contribution in [2.75, 3.05) is 0 Å². The zero-order chi connectivity index (χ0) is 24.8. The lowest BCUT2D eigenvalue weighted by Gasteiger charge is -2.13. The molecule has 0 spiro atoms. The maximum Gasteiger partial charge on any atom is 0.573 e. The van der Waals surface area contributed by atoms with Crippen molar-refractivity contribution in [1.29, 1.82) is 0 Å². The van der Waals surface area contributed by atoms with Crippen LogP contribution in [0.4, 0.5) is 13.2 Å². The van der Waals surface area contributed by atoms with Crippen LogP contribution in [0.15, 0.2) is 76.8 Å². The average molecular weight is 517 g/mol. The molecular formula is C23H19F3N6OS2. The van der Waals surface area contributed by atoms with E-state index in [4.69, 9.17) is 12.2 Å². The number of benzene rings is 2. The van der Waals surface area contributed by atoms with Crippen molar-refractivity contribution in [2.45, 2.75) is 19.3 Å². The van der Waals surface area contributed by atoms with Crippen molar-refractivity contribution in [1.82, 2.24) is 25.5 Å². The third kappa shape index (κ3) is 6.87. The molecule has 1 unspecified atom stereocenters. The number of hydrogen-bond acceptors (Lipinski definition) is 6. The van der Waals surface area contributed by atoms with Crippen LogP contribution in [0.2, 0.25) is 0 Å². The predicted octanol–water partition coefficient (Wildman–Crippen LogP) is 5.45. The van der Waals surface area contributed by atoms with E-state index in [1.807, 2.05) is 42.6 Å². The Kier molecular flexibility index (Phi) is 7.42. The lowest BCUT2D eigenvalue weighted by molar-refractivity contribution is -0.274. The third-order valence-electron chi connectivity index (χ3n) is 4.77. The van der Waals surface area contributed by atoms with Crippen LogP contribution in [-0.4, -0.2) is 32.5 Å². The molecule has 0 saturated carbocycles. The number of nitrogens with zero attached hydrogens (tertiary/aromatic N) is 4. The van der Waals surface area contributed by atoms with Gasteiger partial charge in [-0.15, -0.1) is 18.3 Å². The highest BCUT2D eigenvalue weighted by atomic mass is 32.1. The molecule has 0 saturated heterocycles. The summed E-state index contributed by atoms with van der Waals surface area (Å²) in [5.74, 6) is 0.164. The monoisotopic (exact) mass is 516 g/mol. The highest BCUT2D eigenvalue weighted by molar-refractivity contribution is 7.80. The second-order valence-electron chi connectivity index (χ2n) is 7.30. The molecule has 180 valence electrons. The molecule has 4 rings (SSSR count). The molecule has 0 amide bonds. The van der Waals surface area contributed by atoms with Crippen molar-refractivity contribution in [3.05, 3.63) is 82.8 Å². The fourth-order valence-corrected chi connectivity index (χ4v) is 4.02. The van der Waals surface area contributed by atoms with Crippen LogP contribution < -0.4 is 15.5 Å². The number of nitrogens with one attached hydrogen (secondary N) is 2. The fraction of sp³-hybridized carbons (Fsp3) is 0.130. The van der Waals surface area contributed by atoms with Gasteiger partial charge in [0.2, 0.25) is 0 Å². The Morgan fingerprint density at radius 1 is 1.14 bits per heavy atom. The van der Waals surface area contributed by atoms with Crippen molar-refractivity contribution in [3.63, 3.8) is 0 Å². The van der Waals surface area contributed by atoms with Crippen molar-refractivity contribution < 1.29 is 17.9 Å². The first-order valence-electron chi connectivity index (χ1n) is 10.3. The van der Waals surface area contributed by atoms with Gasteiger partial charge in [-0.1, -0.05) is 24.3 Å². The minimum Gasteiger partial charge on any atom is -0.406 e. The largest absolute Gasteiger partial charge is 0.573 e. The molecule has 35 heavy (non-hydrogen) atoms. The van der Waals surface area contributed by atoms with Gasteiger partial charge >= 0.3 is 6.36 Å². The highest BCUT2D eigenvalue weighted by Crippen LogP contribution is 2.24. The summed E-state index contributed by atoms with van der Waals surface area (Å²) in [4.78, 5) is 4.28. The molecule has 1 atom stereocenters. The number of thiocarbonyl (C=S) groups is 1. The van der Waals surface area contributed by atoms with E-state index in [1.165, 1.54) is 35.3 Å². The predicted molar refractivity (Wildman–Crippen MR) is 133 cm³/mol. The Hall–Kier alpha value is -3.77. The summed E-state index contributed by atoms with van der Waals surface area (Å²) < 4.78 is 42.3. The first-order valence-corrected chi connectivity index (χ1v) is 11.6. The number of hydrazone groups is 1. The van der Waals surface area contributed by atoms with Gasteiger partial charge in [-0.25, -0.2) is 9.67 Å². The normalized spacial score (nSPS) is 12.5. The van der Waals surface area contributed by atoms with Crippen LogP contribution >= 0.6 is 23.6 Å². The quantitative estimate of drug-likeness (QED) is 0.193. The van der Waals surface area contributed by atoms with E-state index in [1.54, 1.807) is 17.6 Å². The van der Waals surface area contributed by atoms with Crippen LogP contribution in [0, 0.1) is 0 Å². The smallest absolute Gasteiger partial charge is 0.406 e. The lowest BCUT2D eigenvalue weighted by atomic mass is 10.1. The van der Waals surface area contributed by atoms with Crippen molar-refractivity contribution in [2.24, 2.45) is 5.10 Å². The van der Waals surface area contributed by atoms with E-state index >= 15 is 0 Å². The number of hydrogen-bond donors (Lipinski definition) is 2. The summed E-state index contributed by atoms with van der Waals surface area (Å²) in [6.07, 6.45) is -1.61. The fourth-order valence-electron chi connectivity index (χ4n) is 3.04. The molecule has 0 aliphatic rings. The summed E-state index contributed by atoms with van der Waals surface area (Å²) >= 11 is 6.90. The van der Waals surface area contributed by atoms with Crippen LogP contribution in [0.5, 0.6) is 5.75 Å². The van der Waals surface area contributed by atoms with Gasteiger partial charge in [0.1, 0.15) is 12.1 Å². The van der Waals surface area contributed by atoms with E-state index < -0.39 is 6.36 Å². The standard InChI is InChI=1S/C23H19F3N6OS2/c1-15(18-10-11-35-13-18)29-22(34)30-28-12-16-2-4-17(5-3-16)21-27-14-32(31-21)19-6-8-20(9-7-19)33-23(24,25)26/h2-15H,1H3,(H2,29,30,34)/b28-12+. The van der Waals surface area contributed by atoms with Crippen LogP contribution in [-0.2, 0) is 0 Å². The molecule has 2 aromatic carbocycles. The molecule has 0 radical (unpaired) electrons. The molecule has 0 aliphatic heterocycles. The van der Waals surface area contributed by atoms with Crippen LogP contribution in [0.3, 0.4) is 0 Å². The molecule has 0 fully saturated rings. The summed E-state index contributed by atoms with van der Waals surface area (Å²) in [6.45, 7) is 2.02. The van der Waals surface area contributed by atoms with Crippen molar-refractivity contribution >= 4 is 34.9 Å². The van der Waals surface area contributed by atoms with E-state index in [-0.39, 0.29) is 11.8 Å². The molecular weight excluding hydrogens is 497 g/mol. The molecule has 12 heteroatoms. The zero-order valence-corrected chi connectivity index (χ0v) is 19.9. The number of aromatic nitrogens is 3. The third-order valence-corrected chi connectivity index (χ3v) is 5.68. The van der Waals surface area contributed by atoms with E-state index in [0.717, 1.165) is 16.7 Å². The molecule has 2 aromatic heterocycles. The topological polar surface area (TPSA) is 76.4 Å². The van der Waals surface area contributed by atoms with Gasteiger partial charge in [-0.3, -0.25) is 5.43 Å². The highest BCUT2D eigenvalue weighted by Gasteiger charge is 2.31. The Balaban J connectivity index is 1.33. The summed E-state index contributed by atoms with van der Waals surface area (Å²) in [5.41, 5.74) is 6.12. The average Bonchev–Trinajstić information content (AvgIpc) is 3.52. The molecule has 0 bridgehead atoms. The molecule has 2 heterocycles. The zero-order valence-electron chi connectivity index (χ0n) is 18.2. The maximum atomic E-state index is 12.3. The number of ether oxygens (including phenoxy) is 1. The minimum absolute atomic E-state index is 0.0780. The van der Waals surface area contributed by atoms with Gasteiger partial charge in [-0.2, -0.15) is 16.4 Å². The van der Waals surface area contributed by atoms with Gasteiger partial charge in [-0.05, 0) is 71.4 Å².